The van der Waals surface area contributed by atoms with Gasteiger partial charge < -0.3 is 0 Å². The molecule has 0 bridgehead atoms. The summed E-state index contributed by atoms with van der Waals surface area (Å²) in [6.45, 7) is 1.69. The lowest BCUT2D eigenvalue weighted by atomic mass is 10.2. The highest BCUT2D eigenvalue weighted by Crippen LogP contribution is 2.02. The maximum Gasteiger partial charge on any atom is 0.257 e. The van der Waals surface area contributed by atoms with Gasteiger partial charge in [-0.05, 0) is 19.1 Å². The highest BCUT2D eigenvalue weighted by Gasteiger charge is 2.06. The van der Waals surface area contributed by atoms with E-state index in [-0.39, 0.29) is 17.4 Å². The maximum atomic E-state index is 11.8. The van der Waals surface area contributed by atoms with Crippen LogP contribution in [0.5, 0.6) is 0 Å². The average Bonchev–Trinajstić information content (AvgIpc) is 2.28. The first-order chi connectivity index (χ1) is 8.15. The monoisotopic (exact) mass is 229 g/mol. The van der Waals surface area contributed by atoms with Gasteiger partial charge in [-0.3, -0.25) is 19.9 Å². The van der Waals surface area contributed by atoms with E-state index in [1.165, 1.54) is 6.07 Å². The highest BCUT2D eigenvalue weighted by atomic mass is 16.2. The van der Waals surface area contributed by atoms with Gasteiger partial charge in [0.15, 0.2) is 0 Å². The van der Waals surface area contributed by atoms with Gasteiger partial charge in [0.1, 0.15) is 0 Å². The summed E-state index contributed by atoms with van der Waals surface area (Å²) in [5.74, 6) is -0.150. The fraction of sp³-hybridized carbons (Fsp3) is 0.0833. The number of benzene rings is 1. The first kappa shape index (κ1) is 11.1. The first-order valence-electron chi connectivity index (χ1n) is 5.09. The molecule has 1 amide bonds. The van der Waals surface area contributed by atoms with E-state index in [1.54, 1.807) is 31.2 Å². The molecule has 17 heavy (non-hydrogen) atoms. The molecule has 0 saturated heterocycles. The number of hydrogen-bond donors (Lipinski definition) is 2. The normalized spacial score (nSPS) is 9.94. The van der Waals surface area contributed by atoms with E-state index >= 15 is 0 Å². The standard InChI is InChI=1S/C12H11N3O2/c1-8-7-10(16)14-12(13-8)15-11(17)9-5-3-2-4-6-9/h2-7H,1H3,(H2,13,14,15,16,17). The molecule has 0 aliphatic heterocycles. The number of rotatable bonds is 2. The quantitative estimate of drug-likeness (QED) is 0.815. The molecule has 0 spiro atoms. The van der Waals surface area contributed by atoms with Gasteiger partial charge in [0.25, 0.3) is 11.5 Å². The lowest BCUT2D eigenvalue weighted by Gasteiger charge is -2.04. The van der Waals surface area contributed by atoms with Crippen molar-refractivity contribution in [1.82, 2.24) is 9.97 Å². The Morgan fingerprint density at radius 3 is 2.65 bits per heavy atom. The predicted molar refractivity (Wildman–Crippen MR) is 64.0 cm³/mol. The van der Waals surface area contributed by atoms with Crippen LogP contribution in [-0.4, -0.2) is 15.9 Å². The lowest BCUT2D eigenvalue weighted by molar-refractivity contribution is 0.102. The Balaban J connectivity index is 2.22. The number of aromatic nitrogens is 2. The first-order valence-corrected chi connectivity index (χ1v) is 5.09. The van der Waals surface area contributed by atoms with E-state index in [4.69, 9.17) is 0 Å². The van der Waals surface area contributed by atoms with Crippen LogP contribution in [0.1, 0.15) is 16.1 Å². The third kappa shape index (κ3) is 2.78. The summed E-state index contributed by atoms with van der Waals surface area (Å²) in [6, 6.07) is 10.1. The van der Waals surface area contributed by atoms with Crippen LogP contribution in [0.2, 0.25) is 0 Å². The second-order valence-electron chi connectivity index (χ2n) is 3.56. The third-order valence-electron chi connectivity index (χ3n) is 2.14. The van der Waals surface area contributed by atoms with Crippen LogP contribution in [-0.2, 0) is 0 Å². The zero-order valence-electron chi connectivity index (χ0n) is 9.23. The smallest absolute Gasteiger partial charge is 0.257 e. The molecule has 0 aliphatic carbocycles. The molecule has 0 atom stereocenters. The van der Waals surface area contributed by atoms with Crippen LogP contribution in [0.15, 0.2) is 41.2 Å². The van der Waals surface area contributed by atoms with Crippen LogP contribution >= 0.6 is 0 Å². The van der Waals surface area contributed by atoms with Crippen molar-refractivity contribution >= 4 is 11.9 Å². The molecule has 86 valence electrons. The third-order valence-corrected chi connectivity index (χ3v) is 2.14. The Hall–Kier alpha value is -2.43. The molecule has 5 heteroatoms. The van der Waals surface area contributed by atoms with E-state index < -0.39 is 0 Å². The van der Waals surface area contributed by atoms with Crippen molar-refractivity contribution in [3.8, 4) is 0 Å². The minimum Gasteiger partial charge on any atom is -0.292 e. The summed E-state index contributed by atoms with van der Waals surface area (Å²) in [6.07, 6.45) is 0. The Bertz CT molecular complexity index is 590. The van der Waals surface area contributed by atoms with Crippen LogP contribution in [0, 0.1) is 6.92 Å². The Kier molecular flexibility index (Phi) is 3.00. The van der Waals surface area contributed by atoms with Gasteiger partial charge >= 0.3 is 0 Å². The molecule has 0 saturated carbocycles. The van der Waals surface area contributed by atoms with Gasteiger partial charge in [-0.2, -0.15) is 0 Å². The van der Waals surface area contributed by atoms with E-state index in [0.717, 1.165) is 0 Å². The molecule has 0 aliphatic rings. The van der Waals surface area contributed by atoms with Crippen molar-refractivity contribution in [1.29, 1.82) is 0 Å². The molecular weight excluding hydrogens is 218 g/mol. The SMILES string of the molecule is Cc1cc(=O)[nH]c(NC(=O)c2ccccc2)n1. The lowest BCUT2D eigenvalue weighted by Crippen LogP contribution is -2.18. The zero-order chi connectivity index (χ0) is 12.3. The second-order valence-corrected chi connectivity index (χ2v) is 3.56. The molecular formula is C12H11N3O2. The number of anilines is 1. The average molecular weight is 229 g/mol. The molecule has 2 rings (SSSR count). The second kappa shape index (κ2) is 4.61. The molecule has 2 N–H and O–H groups in total. The topological polar surface area (TPSA) is 74.8 Å². The molecule has 1 aromatic heterocycles. The highest BCUT2D eigenvalue weighted by molar-refractivity contribution is 6.03. The Morgan fingerprint density at radius 2 is 2.00 bits per heavy atom. The van der Waals surface area contributed by atoms with Crippen LogP contribution < -0.4 is 10.9 Å². The Morgan fingerprint density at radius 1 is 1.29 bits per heavy atom. The number of aromatic amines is 1. The number of carbonyl (C=O) groups is 1. The molecule has 0 unspecified atom stereocenters. The maximum absolute atomic E-state index is 11.8. The summed E-state index contributed by atoms with van der Waals surface area (Å²) in [4.78, 5) is 29.4. The van der Waals surface area contributed by atoms with Gasteiger partial charge in [0, 0.05) is 17.3 Å². The van der Waals surface area contributed by atoms with Crippen molar-refractivity contribution < 1.29 is 4.79 Å². The molecule has 5 nitrogen and oxygen atoms in total. The largest absolute Gasteiger partial charge is 0.292 e. The van der Waals surface area contributed by atoms with Crippen LogP contribution in [0.25, 0.3) is 0 Å². The van der Waals surface area contributed by atoms with Crippen LogP contribution in [0.3, 0.4) is 0 Å². The van der Waals surface area contributed by atoms with Crippen molar-refractivity contribution in [3.05, 3.63) is 58.0 Å². The number of H-pyrrole nitrogens is 1. The molecule has 0 radical (unpaired) electrons. The fourth-order valence-corrected chi connectivity index (χ4v) is 1.41. The summed E-state index contributed by atoms with van der Waals surface area (Å²) in [5.41, 5.74) is 0.773. The van der Waals surface area contributed by atoms with Gasteiger partial charge in [-0.15, -0.1) is 0 Å². The Labute approximate surface area is 97.5 Å². The van der Waals surface area contributed by atoms with Crippen molar-refractivity contribution in [2.75, 3.05) is 5.32 Å². The van der Waals surface area contributed by atoms with Crippen LogP contribution in [0.4, 0.5) is 5.95 Å². The molecule has 2 aromatic rings. The molecule has 0 fully saturated rings. The number of aryl methyl sites for hydroxylation is 1. The van der Waals surface area contributed by atoms with E-state index in [1.807, 2.05) is 6.07 Å². The van der Waals surface area contributed by atoms with Crippen molar-refractivity contribution in [2.45, 2.75) is 6.92 Å². The van der Waals surface area contributed by atoms with Gasteiger partial charge in [-0.1, -0.05) is 18.2 Å². The summed E-state index contributed by atoms with van der Waals surface area (Å²) in [5, 5.41) is 2.53. The van der Waals surface area contributed by atoms with E-state index in [0.29, 0.717) is 11.3 Å². The van der Waals surface area contributed by atoms with Gasteiger partial charge in [-0.25, -0.2) is 4.98 Å². The minimum absolute atomic E-state index is 0.156. The van der Waals surface area contributed by atoms with Gasteiger partial charge in [0.2, 0.25) is 5.95 Å². The summed E-state index contributed by atoms with van der Waals surface area (Å²) in [7, 11) is 0. The summed E-state index contributed by atoms with van der Waals surface area (Å²) < 4.78 is 0. The van der Waals surface area contributed by atoms with Crippen molar-refractivity contribution in [3.63, 3.8) is 0 Å². The molecule has 1 heterocycles. The zero-order valence-corrected chi connectivity index (χ0v) is 9.23. The fourth-order valence-electron chi connectivity index (χ4n) is 1.41. The number of amides is 1. The number of nitrogens with zero attached hydrogens (tertiary/aromatic N) is 1. The number of hydrogen-bond acceptors (Lipinski definition) is 3. The van der Waals surface area contributed by atoms with Gasteiger partial charge in [0.05, 0.1) is 0 Å². The van der Waals surface area contributed by atoms with E-state index in [9.17, 15) is 9.59 Å². The van der Waals surface area contributed by atoms with E-state index in [2.05, 4.69) is 15.3 Å². The predicted octanol–water partition coefficient (Wildman–Crippen LogP) is 1.33. The number of carbonyl (C=O) groups excluding carboxylic acids is 1. The number of nitrogens with one attached hydrogen (secondary N) is 2. The minimum atomic E-state index is -0.306. The molecule has 1 aromatic carbocycles. The summed E-state index contributed by atoms with van der Waals surface area (Å²) >= 11 is 0. The van der Waals surface area contributed by atoms with Crippen molar-refractivity contribution in [2.24, 2.45) is 0 Å².